The molecule has 2 amide bonds. The van der Waals surface area contributed by atoms with Gasteiger partial charge in [0.25, 0.3) is 0 Å². The monoisotopic (exact) mass is 288 g/mol. The summed E-state index contributed by atoms with van der Waals surface area (Å²) in [6.45, 7) is 3.87. The SMILES string of the molecule is CCC/C=C/C=C/C=C/C=C/C(C(N)=O)=C(/CC)C(N)=O. The normalized spacial score (nSPS) is 13.6. The van der Waals surface area contributed by atoms with Crippen LogP contribution in [0.2, 0.25) is 0 Å². The first-order valence-corrected chi connectivity index (χ1v) is 7.03. The molecular formula is C17H24N2O2. The van der Waals surface area contributed by atoms with E-state index in [-0.39, 0.29) is 11.1 Å². The summed E-state index contributed by atoms with van der Waals surface area (Å²) < 4.78 is 0. The highest BCUT2D eigenvalue weighted by Gasteiger charge is 2.12. The molecule has 0 aliphatic rings. The van der Waals surface area contributed by atoms with Crippen molar-refractivity contribution in [2.24, 2.45) is 11.5 Å². The molecule has 114 valence electrons. The standard InChI is InChI=1S/C17H24N2O2/c1-3-5-6-7-8-9-10-11-12-13-15(17(19)21)14(4-2)16(18)20/h6-13H,3-5H2,1-2H3,(H2,18,20)(H2,19,21)/b7-6+,9-8+,11-10+,13-12+,15-14+. The summed E-state index contributed by atoms with van der Waals surface area (Å²) >= 11 is 0. The van der Waals surface area contributed by atoms with Crippen molar-refractivity contribution in [1.82, 2.24) is 0 Å². The Morgan fingerprint density at radius 1 is 0.857 bits per heavy atom. The molecule has 0 aromatic heterocycles. The van der Waals surface area contributed by atoms with Crippen LogP contribution in [0, 0.1) is 0 Å². The maximum Gasteiger partial charge on any atom is 0.249 e. The van der Waals surface area contributed by atoms with E-state index in [4.69, 9.17) is 11.5 Å². The van der Waals surface area contributed by atoms with Crippen LogP contribution >= 0.6 is 0 Å². The van der Waals surface area contributed by atoms with Gasteiger partial charge in [-0.15, -0.1) is 0 Å². The Bertz CT molecular complexity index is 495. The largest absolute Gasteiger partial charge is 0.366 e. The lowest BCUT2D eigenvalue weighted by Gasteiger charge is -2.03. The number of hydrogen-bond donors (Lipinski definition) is 2. The molecule has 4 heteroatoms. The maximum absolute atomic E-state index is 11.3. The number of carbonyl (C=O) groups is 2. The molecule has 0 aliphatic heterocycles. The summed E-state index contributed by atoms with van der Waals surface area (Å²) in [5.41, 5.74) is 10.9. The number of nitrogens with two attached hydrogens (primary N) is 2. The summed E-state index contributed by atoms with van der Waals surface area (Å²) in [5.74, 6) is -1.28. The minimum absolute atomic E-state index is 0.154. The smallest absolute Gasteiger partial charge is 0.249 e. The summed E-state index contributed by atoms with van der Waals surface area (Å²) in [4.78, 5) is 22.6. The molecule has 0 aromatic carbocycles. The highest BCUT2D eigenvalue weighted by molar-refractivity contribution is 6.05. The van der Waals surface area contributed by atoms with Gasteiger partial charge in [0.15, 0.2) is 0 Å². The second-order valence-corrected chi connectivity index (χ2v) is 4.32. The van der Waals surface area contributed by atoms with Crippen LogP contribution in [0.15, 0.2) is 59.8 Å². The van der Waals surface area contributed by atoms with Gasteiger partial charge < -0.3 is 11.5 Å². The van der Waals surface area contributed by atoms with Gasteiger partial charge in [-0.1, -0.05) is 62.8 Å². The first-order valence-electron chi connectivity index (χ1n) is 7.03. The van der Waals surface area contributed by atoms with Crippen molar-refractivity contribution < 1.29 is 9.59 Å². The van der Waals surface area contributed by atoms with Gasteiger partial charge in [-0.05, 0) is 18.9 Å². The molecule has 0 heterocycles. The Labute approximate surface area is 126 Å². The summed E-state index contributed by atoms with van der Waals surface area (Å²) in [7, 11) is 0. The summed E-state index contributed by atoms with van der Waals surface area (Å²) in [5, 5.41) is 0. The molecule has 0 bridgehead atoms. The molecule has 0 spiro atoms. The first kappa shape index (κ1) is 18.6. The van der Waals surface area contributed by atoms with E-state index in [1.807, 2.05) is 24.3 Å². The molecule has 4 nitrogen and oxygen atoms in total. The number of allylic oxidation sites excluding steroid dienone is 7. The number of hydrogen-bond acceptors (Lipinski definition) is 2. The Morgan fingerprint density at radius 2 is 1.43 bits per heavy atom. The van der Waals surface area contributed by atoms with Gasteiger partial charge in [0, 0.05) is 11.1 Å². The van der Waals surface area contributed by atoms with Gasteiger partial charge >= 0.3 is 0 Å². The van der Waals surface area contributed by atoms with E-state index in [2.05, 4.69) is 13.0 Å². The fourth-order valence-corrected chi connectivity index (χ4v) is 1.58. The van der Waals surface area contributed by atoms with Crippen LogP contribution in [0.4, 0.5) is 0 Å². The van der Waals surface area contributed by atoms with E-state index in [1.165, 1.54) is 6.08 Å². The predicted molar refractivity (Wildman–Crippen MR) is 87.2 cm³/mol. The van der Waals surface area contributed by atoms with Crippen LogP contribution in [0.25, 0.3) is 0 Å². The molecule has 21 heavy (non-hydrogen) atoms. The number of carbonyl (C=O) groups excluding carboxylic acids is 2. The van der Waals surface area contributed by atoms with E-state index in [0.717, 1.165) is 12.8 Å². The van der Waals surface area contributed by atoms with Crippen LogP contribution in [0.3, 0.4) is 0 Å². The zero-order chi connectivity index (χ0) is 16.1. The lowest BCUT2D eigenvalue weighted by Crippen LogP contribution is -2.21. The minimum Gasteiger partial charge on any atom is -0.366 e. The van der Waals surface area contributed by atoms with E-state index in [1.54, 1.807) is 19.1 Å². The lowest BCUT2D eigenvalue weighted by atomic mass is 10.0. The molecule has 0 saturated heterocycles. The summed E-state index contributed by atoms with van der Waals surface area (Å²) in [6.07, 6.45) is 17.2. The van der Waals surface area contributed by atoms with Crippen molar-refractivity contribution >= 4 is 11.8 Å². The fourth-order valence-electron chi connectivity index (χ4n) is 1.58. The predicted octanol–water partition coefficient (Wildman–Crippen LogP) is 2.69. The van der Waals surface area contributed by atoms with Crippen LogP contribution in [-0.4, -0.2) is 11.8 Å². The van der Waals surface area contributed by atoms with Gasteiger partial charge in [0.1, 0.15) is 0 Å². The Hall–Kier alpha value is -2.36. The average Bonchev–Trinajstić information content (AvgIpc) is 2.43. The highest BCUT2D eigenvalue weighted by Crippen LogP contribution is 2.09. The number of unbranched alkanes of at least 4 members (excludes halogenated alkanes) is 1. The van der Waals surface area contributed by atoms with Crippen molar-refractivity contribution in [2.75, 3.05) is 0 Å². The maximum atomic E-state index is 11.3. The van der Waals surface area contributed by atoms with Gasteiger partial charge in [0.05, 0.1) is 0 Å². The third kappa shape index (κ3) is 8.42. The van der Waals surface area contributed by atoms with Crippen LogP contribution in [0.1, 0.15) is 33.1 Å². The molecule has 4 N–H and O–H groups in total. The second-order valence-electron chi connectivity index (χ2n) is 4.32. The highest BCUT2D eigenvalue weighted by atomic mass is 16.2. The van der Waals surface area contributed by atoms with Crippen LogP contribution in [-0.2, 0) is 9.59 Å². The van der Waals surface area contributed by atoms with E-state index in [0.29, 0.717) is 6.42 Å². The van der Waals surface area contributed by atoms with Gasteiger partial charge in [-0.25, -0.2) is 0 Å². The molecule has 0 saturated carbocycles. The molecule has 0 aromatic rings. The van der Waals surface area contributed by atoms with E-state index < -0.39 is 11.8 Å². The summed E-state index contributed by atoms with van der Waals surface area (Å²) in [6, 6.07) is 0. The number of rotatable bonds is 9. The Kier molecular flexibility index (Phi) is 10.2. The molecule has 0 radical (unpaired) electrons. The Morgan fingerprint density at radius 3 is 1.90 bits per heavy atom. The number of amides is 2. The molecule has 0 atom stereocenters. The third-order valence-corrected chi connectivity index (χ3v) is 2.65. The molecule has 0 unspecified atom stereocenters. The van der Waals surface area contributed by atoms with E-state index >= 15 is 0 Å². The van der Waals surface area contributed by atoms with Crippen molar-refractivity contribution in [3.63, 3.8) is 0 Å². The second kappa shape index (κ2) is 11.5. The molecule has 0 aliphatic carbocycles. The number of primary amides is 2. The van der Waals surface area contributed by atoms with Gasteiger partial charge in [-0.3, -0.25) is 9.59 Å². The van der Waals surface area contributed by atoms with Gasteiger partial charge in [0.2, 0.25) is 11.8 Å². The van der Waals surface area contributed by atoms with Crippen molar-refractivity contribution in [3.05, 3.63) is 59.8 Å². The third-order valence-electron chi connectivity index (χ3n) is 2.65. The van der Waals surface area contributed by atoms with Crippen molar-refractivity contribution in [1.29, 1.82) is 0 Å². The van der Waals surface area contributed by atoms with Crippen LogP contribution in [0.5, 0.6) is 0 Å². The molecule has 0 rings (SSSR count). The lowest BCUT2D eigenvalue weighted by molar-refractivity contribution is -0.117. The zero-order valence-electron chi connectivity index (χ0n) is 12.7. The average molecular weight is 288 g/mol. The fraction of sp³-hybridized carbons (Fsp3) is 0.294. The molecule has 0 fully saturated rings. The quantitative estimate of drug-likeness (QED) is 0.505. The van der Waals surface area contributed by atoms with Crippen molar-refractivity contribution in [3.8, 4) is 0 Å². The van der Waals surface area contributed by atoms with Crippen molar-refractivity contribution in [2.45, 2.75) is 33.1 Å². The molecular weight excluding hydrogens is 264 g/mol. The topological polar surface area (TPSA) is 86.2 Å². The van der Waals surface area contributed by atoms with Crippen LogP contribution < -0.4 is 11.5 Å². The zero-order valence-corrected chi connectivity index (χ0v) is 12.7. The minimum atomic E-state index is -0.659. The van der Waals surface area contributed by atoms with E-state index in [9.17, 15) is 9.59 Å². The first-order chi connectivity index (χ1) is 10.0. The van der Waals surface area contributed by atoms with Gasteiger partial charge in [-0.2, -0.15) is 0 Å². The Balaban J connectivity index is 4.76.